The number of carbonyl (C=O) groups is 1. The maximum atomic E-state index is 10.9. The molecule has 0 aliphatic carbocycles. The first-order valence-electron chi connectivity index (χ1n) is 7.45. The lowest BCUT2D eigenvalue weighted by molar-refractivity contribution is -0.138. The summed E-state index contributed by atoms with van der Waals surface area (Å²) < 4.78 is 0. The molecule has 0 amide bonds. The van der Waals surface area contributed by atoms with Gasteiger partial charge in [0, 0.05) is 18.1 Å². The first-order chi connectivity index (χ1) is 8.74. The van der Waals surface area contributed by atoms with Crippen LogP contribution in [0.15, 0.2) is 0 Å². The molecule has 4 nitrogen and oxygen atoms in total. The zero-order valence-electron chi connectivity index (χ0n) is 11.1. The van der Waals surface area contributed by atoms with Crippen LogP contribution < -0.4 is 0 Å². The van der Waals surface area contributed by atoms with Gasteiger partial charge in [0.05, 0.1) is 6.42 Å². The molecule has 0 aromatic rings. The minimum absolute atomic E-state index is 0.306. The van der Waals surface area contributed by atoms with Gasteiger partial charge in [-0.25, -0.2) is 0 Å². The van der Waals surface area contributed by atoms with Crippen LogP contribution in [0.5, 0.6) is 0 Å². The van der Waals surface area contributed by atoms with E-state index in [0.29, 0.717) is 18.5 Å². The third-order valence-electron chi connectivity index (χ3n) is 5.09. The average molecular weight is 252 g/mol. The van der Waals surface area contributed by atoms with Crippen molar-refractivity contribution in [3.63, 3.8) is 0 Å². The number of carboxylic acid groups (broad SMARTS) is 1. The third-order valence-corrected chi connectivity index (χ3v) is 5.09. The highest BCUT2D eigenvalue weighted by molar-refractivity contribution is 5.67. The summed E-state index contributed by atoms with van der Waals surface area (Å²) >= 11 is 0. The molecule has 4 heteroatoms. The Labute approximate surface area is 109 Å². The zero-order chi connectivity index (χ0) is 12.5. The highest BCUT2D eigenvalue weighted by Gasteiger charge is 2.38. The Kier molecular flexibility index (Phi) is 3.57. The minimum atomic E-state index is -0.634. The van der Waals surface area contributed by atoms with E-state index in [-0.39, 0.29) is 0 Å². The Balaban J connectivity index is 1.61. The lowest BCUT2D eigenvalue weighted by Gasteiger charge is -2.41. The monoisotopic (exact) mass is 252 g/mol. The van der Waals surface area contributed by atoms with Crippen LogP contribution in [0, 0.1) is 0 Å². The molecule has 0 saturated carbocycles. The third kappa shape index (κ3) is 2.41. The minimum Gasteiger partial charge on any atom is -0.481 e. The smallest absolute Gasteiger partial charge is 0.304 e. The molecule has 3 heterocycles. The number of rotatable bonds is 3. The van der Waals surface area contributed by atoms with Crippen molar-refractivity contribution in [2.45, 2.75) is 63.1 Å². The number of aliphatic carboxylic acids is 1. The fourth-order valence-corrected chi connectivity index (χ4v) is 4.26. The number of hydrogen-bond donors (Lipinski definition) is 1. The molecule has 0 aromatic carbocycles. The van der Waals surface area contributed by atoms with E-state index in [4.69, 9.17) is 5.11 Å². The van der Waals surface area contributed by atoms with Crippen molar-refractivity contribution in [2.24, 2.45) is 0 Å². The molecule has 0 aromatic heterocycles. The van der Waals surface area contributed by atoms with Gasteiger partial charge in [-0.3, -0.25) is 9.69 Å². The zero-order valence-corrected chi connectivity index (χ0v) is 11.1. The molecule has 102 valence electrons. The molecule has 3 atom stereocenters. The lowest BCUT2D eigenvalue weighted by Crippen LogP contribution is -2.49. The quantitative estimate of drug-likeness (QED) is 0.827. The van der Waals surface area contributed by atoms with E-state index < -0.39 is 5.97 Å². The summed E-state index contributed by atoms with van der Waals surface area (Å²) in [6.45, 7) is 3.64. The highest BCUT2D eigenvalue weighted by Crippen LogP contribution is 2.33. The number of carboxylic acids is 1. The first kappa shape index (κ1) is 12.4. The molecule has 3 fully saturated rings. The molecule has 3 unspecified atom stereocenters. The Hall–Kier alpha value is -0.610. The van der Waals surface area contributed by atoms with Gasteiger partial charge in [0.2, 0.25) is 0 Å². The average Bonchev–Trinajstić information content (AvgIpc) is 2.95. The largest absolute Gasteiger partial charge is 0.481 e. The van der Waals surface area contributed by atoms with Crippen LogP contribution in [0.3, 0.4) is 0 Å². The number of hydrogen-bond acceptors (Lipinski definition) is 3. The first-order valence-corrected chi connectivity index (χ1v) is 7.45. The summed E-state index contributed by atoms with van der Waals surface area (Å²) in [4.78, 5) is 16.1. The number of piperidine rings is 1. The van der Waals surface area contributed by atoms with E-state index >= 15 is 0 Å². The Bertz CT molecular complexity index is 321. The van der Waals surface area contributed by atoms with Crippen LogP contribution in [0.2, 0.25) is 0 Å². The number of nitrogens with zero attached hydrogens (tertiary/aromatic N) is 2. The van der Waals surface area contributed by atoms with Crippen molar-refractivity contribution in [3.8, 4) is 0 Å². The Morgan fingerprint density at radius 3 is 2.72 bits per heavy atom. The predicted molar refractivity (Wildman–Crippen MR) is 69.6 cm³/mol. The fourth-order valence-electron chi connectivity index (χ4n) is 4.26. The van der Waals surface area contributed by atoms with Gasteiger partial charge < -0.3 is 10.0 Å². The van der Waals surface area contributed by atoms with E-state index in [9.17, 15) is 4.79 Å². The maximum Gasteiger partial charge on any atom is 0.304 e. The number of fused-ring (bicyclic) bond motifs is 1. The van der Waals surface area contributed by atoms with E-state index in [1.54, 1.807) is 0 Å². The molecular weight excluding hydrogens is 228 g/mol. The molecule has 3 aliphatic rings. The lowest BCUT2D eigenvalue weighted by atomic mass is 9.95. The van der Waals surface area contributed by atoms with Crippen molar-refractivity contribution < 1.29 is 9.90 Å². The second-order valence-electron chi connectivity index (χ2n) is 6.14. The van der Waals surface area contributed by atoms with Crippen LogP contribution in [-0.2, 0) is 4.79 Å². The summed E-state index contributed by atoms with van der Waals surface area (Å²) in [6.07, 6.45) is 7.83. The van der Waals surface area contributed by atoms with Crippen LogP contribution in [0.4, 0.5) is 0 Å². The van der Waals surface area contributed by atoms with Crippen molar-refractivity contribution in [1.29, 1.82) is 0 Å². The van der Waals surface area contributed by atoms with Crippen LogP contribution >= 0.6 is 0 Å². The molecule has 18 heavy (non-hydrogen) atoms. The Morgan fingerprint density at radius 2 is 1.89 bits per heavy atom. The van der Waals surface area contributed by atoms with E-state index in [1.807, 2.05) is 0 Å². The van der Waals surface area contributed by atoms with E-state index in [2.05, 4.69) is 9.80 Å². The summed E-state index contributed by atoms with van der Waals surface area (Å²) in [7, 11) is 0. The second kappa shape index (κ2) is 5.17. The molecule has 0 radical (unpaired) electrons. The van der Waals surface area contributed by atoms with E-state index in [1.165, 1.54) is 45.2 Å². The Morgan fingerprint density at radius 1 is 1.06 bits per heavy atom. The van der Waals surface area contributed by atoms with Gasteiger partial charge in [-0.2, -0.15) is 0 Å². The molecule has 1 N–H and O–H groups in total. The SMILES string of the molecule is O=C(O)CC1CCCN1C1CCN2CCCC2C1. The highest BCUT2D eigenvalue weighted by atomic mass is 16.4. The topological polar surface area (TPSA) is 43.8 Å². The summed E-state index contributed by atoms with van der Waals surface area (Å²) in [5, 5.41) is 9.01. The standard InChI is InChI=1S/C14H24N2O2/c17-14(18)10-12-4-2-7-16(12)13-5-8-15-6-1-3-11(15)9-13/h11-13H,1-10H2,(H,17,18). The van der Waals surface area contributed by atoms with Crippen molar-refractivity contribution in [1.82, 2.24) is 9.80 Å². The van der Waals surface area contributed by atoms with Crippen molar-refractivity contribution in [2.75, 3.05) is 19.6 Å². The van der Waals surface area contributed by atoms with Crippen LogP contribution in [-0.4, -0.2) is 58.6 Å². The molecule has 0 bridgehead atoms. The maximum absolute atomic E-state index is 10.9. The molecule has 3 rings (SSSR count). The van der Waals surface area contributed by atoms with Crippen molar-refractivity contribution in [3.05, 3.63) is 0 Å². The van der Waals surface area contributed by atoms with Gasteiger partial charge in [-0.05, 0) is 58.2 Å². The summed E-state index contributed by atoms with van der Waals surface area (Å²) in [5.41, 5.74) is 0. The van der Waals surface area contributed by atoms with Crippen molar-refractivity contribution >= 4 is 5.97 Å². The predicted octanol–water partition coefficient (Wildman–Crippen LogP) is 1.55. The second-order valence-corrected chi connectivity index (χ2v) is 6.14. The molecule has 3 aliphatic heterocycles. The van der Waals surface area contributed by atoms with Gasteiger partial charge in [0.25, 0.3) is 0 Å². The molecule has 0 spiro atoms. The van der Waals surface area contributed by atoms with Crippen LogP contribution in [0.1, 0.15) is 44.9 Å². The van der Waals surface area contributed by atoms with Gasteiger partial charge in [0.15, 0.2) is 0 Å². The summed E-state index contributed by atoms with van der Waals surface area (Å²) in [6, 6.07) is 1.74. The molecular formula is C14H24N2O2. The fraction of sp³-hybridized carbons (Fsp3) is 0.929. The van der Waals surface area contributed by atoms with Gasteiger partial charge in [-0.1, -0.05) is 0 Å². The molecule has 3 saturated heterocycles. The van der Waals surface area contributed by atoms with Crippen LogP contribution in [0.25, 0.3) is 0 Å². The van der Waals surface area contributed by atoms with E-state index in [0.717, 1.165) is 19.0 Å². The number of likely N-dealkylation sites (tertiary alicyclic amines) is 1. The van der Waals surface area contributed by atoms with Gasteiger partial charge >= 0.3 is 5.97 Å². The normalized spacial score (nSPS) is 37.9. The van der Waals surface area contributed by atoms with Gasteiger partial charge in [-0.15, -0.1) is 0 Å². The van der Waals surface area contributed by atoms with Gasteiger partial charge in [0.1, 0.15) is 0 Å². The summed E-state index contributed by atoms with van der Waals surface area (Å²) in [5.74, 6) is -0.634.